The minimum atomic E-state index is -0.751. The Kier molecular flexibility index (Phi) is 4.52. The number of hydrogen-bond acceptors (Lipinski definition) is 4. The fourth-order valence-electron chi connectivity index (χ4n) is 2.81. The summed E-state index contributed by atoms with van der Waals surface area (Å²) in [6, 6.07) is 2.79. The molecule has 2 rings (SSSR count). The maximum Gasteiger partial charge on any atom is 0.270 e. The Hall–Kier alpha value is -2.02. The standard InChI is InChI=1S/C14H18FN3O3/c1-9-3-2-4-11(8-16)17(9)14(19)12-7-10(18(20)21)5-6-13(12)15/h5-7,9,11H,2-4,8,16H2,1H3. The Morgan fingerprint density at radius 2 is 2.24 bits per heavy atom. The van der Waals surface area contributed by atoms with Gasteiger partial charge in [-0.1, -0.05) is 0 Å². The molecule has 0 aromatic heterocycles. The van der Waals surface area contributed by atoms with Crippen LogP contribution in [0.4, 0.5) is 10.1 Å². The monoisotopic (exact) mass is 295 g/mol. The highest BCUT2D eigenvalue weighted by Gasteiger charge is 2.33. The van der Waals surface area contributed by atoms with E-state index in [1.165, 1.54) is 0 Å². The van der Waals surface area contributed by atoms with Crippen molar-refractivity contribution in [1.29, 1.82) is 0 Å². The van der Waals surface area contributed by atoms with Crippen molar-refractivity contribution in [2.75, 3.05) is 6.54 Å². The van der Waals surface area contributed by atoms with Gasteiger partial charge in [-0.05, 0) is 32.3 Å². The number of amides is 1. The van der Waals surface area contributed by atoms with Crippen LogP contribution < -0.4 is 5.73 Å². The maximum atomic E-state index is 13.9. The number of nitrogens with two attached hydrogens (primary N) is 1. The molecule has 0 saturated carbocycles. The number of benzene rings is 1. The number of halogens is 1. The Morgan fingerprint density at radius 3 is 2.86 bits per heavy atom. The number of rotatable bonds is 3. The quantitative estimate of drug-likeness (QED) is 0.683. The zero-order chi connectivity index (χ0) is 15.6. The first-order valence-electron chi connectivity index (χ1n) is 6.92. The van der Waals surface area contributed by atoms with Gasteiger partial charge in [-0.2, -0.15) is 0 Å². The van der Waals surface area contributed by atoms with Crippen molar-refractivity contribution in [3.05, 3.63) is 39.7 Å². The third-order valence-electron chi connectivity index (χ3n) is 3.93. The molecule has 7 heteroatoms. The first kappa shape index (κ1) is 15.4. The van der Waals surface area contributed by atoms with Crippen molar-refractivity contribution in [1.82, 2.24) is 4.90 Å². The predicted octanol–water partition coefficient (Wildman–Crippen LogP) is 2.08. The smallest absolute Gasteiger partial charge is 0.270 e. The SMILES string of the molecule is CC1CCCC(CN)N1C(=O)c1cc([N+](=O)[O-])ccc1F. The number of nitro groups is 1. The molecule has 1 fully saturated rings. The van der Waals surface area contributed by atoms with E-state index in [-0.39, 0.29) is 23.3 Å². The highest BCUT2D eigenvalue weighted by molar-refractivity contribution is 5.95. The average Bonchev–Trinajstić information content (AvgIpc) is 2.46. The van der Waals surface area contributed by atoms with E-state index in [2.05, 4.69) is 0 Å². The molecular weight excluding hydrogens is 277 g/mol. The first-order chi connectivity index (χ1) is 9.95. The van der Waals surface area contributed by atoms with Crippen LogP contribution in [0.25, 0.3) is 0 Å². The number of non-ortho nitro benzene ring substituents is 1. The Bertz CT molecular complexity index is 564. The van der Waals surface area contributed by atoms with Gasteiger partial charge in [0.2, 0.25) is 0 Å². The van der Waals surface area contributed by atoms with Crippen molar-refractivity contribution in [3.63, 3.8) is 0 Å². The molecule has 21 heavy (non-hydrogen) atoms. The van der Waals surface area contributed by atoms with Crippen LogP contribution in [0, 0.1) is 15.9 Å². The third-order valence-corrected chi connectivity index (χ3v) is 3.93. The zero-order valence-electron chi connectivity index (χ0n) is 11.8. The number of nitrogens with zero attached hydrogens (tertiary/aromatic N) is 2. The Morgan fingerprint density at radius 1 is 1.52 bits per heavy atom. The average molecular weight is 295 g/mol. The molecule has 114 valence electrons. The summed E-state index contributed by atoms with van der Waals surface area (Å²) in [4.78, 5) is 24.3. The normalized spacial score (nSPS) is 22.1. The number of hydrogen-bond donors (Lipinski definition) is 1. The van der Waals surface area contributed by atoms with E-state index < -0.39 is 16.6 Å². The topological polar surface area (TPSA) is 89.5 Å². The first-order valence-corrected chi connectivity index (χ1v) is 6.92. The molecule has 1 aliphatic rings. The van der Waals surface area contributed by atoms with Crippen molar-refractivity contribution in [3.8, 4) is 0 Å². The molecule has 1 aromatic rings. The maximum absolute atomic E-state index is 13.9. The number of carbonyl (C=O) groups is 1. The van der Waals surface area contributed by atoms with Crippen molar-refractivity contribution >= 4 is 11.6 Å². The van der Waals surface area contributed by atoms with Gasteiger partial charge in [-0.15, -0.1) is 0 Å². The van der Waals surface area contributed by atoms with Crippen LogP contribution in [0.5, 0.6) is 0 Å². The van der Waals surface area contributed by atoms with E-state index in [9.17, 15) is 19.3 Å². The molecule has 6 nitrogen and oxygen atoms in total. The highest BCUT2D eigenvalue weighted by Crippen LogP contribution is 2.26. The molecule has 2 N–H and O–H groups in total. The van der Waals surface area contributed by atoms with E-state index in [4.69, 9.17) is 5.73 Å². The summed E-state index contributed by atoms with van der Waals surface area (Å²) in [5.74, 6) is -1.28. The molecular formula is C14H18FN3O3. The number of carbonyl (C=O) groups excluding carboxylic acids is 1. The van der Waals surface area contributed by atoms with Gasteiger partial charge in [-0.3, -0.25) is 14.9 Å². The van der Waals surface area contributed by atoms with Gasteiger partial charge in [0.25, 0.3) is 11.6 Å². The zero-order valence-corrected chi connectivity index (χ0v) is 11.8. The summed E-state index contributed by atoms with van der Waals surface area (Å²) in [6.07, 6.45) is 2.55. The van der Waals surface area contributed by atoms with Crippen LogP contribution in [-0.4, -0.2) is 34.4 Å². The van der Waals surface area contributed by atoms with Gasteiger partial charge < -0.3 is 10.6 Å². The molecule has 1 heterocycles. The lowest BCUT2D eigenvalue weighted by Gasteiger charge is -2.40. The highest BCUT2D eigenvalue weighted by atomic mass is 19.1. The molecule has 0 radical (unpaired) electrons. The molecule has 1 amide bonds. The van der Waals surface area contributed by atoms with E-state index in [1.807, 2.05) is 6.92 Å². The van der Waals surface area contributed by atoms with Crippen molar-refractivity contribution < 1.29 is 14.1 Å². The van der Waals surface area contributed by atoms with Crippen LogP contribution in [0.2, 0.25) is 0 Å². The minimum Gasteiger partial charge on any atom is -0.332 e. The van der Waals surface area contributed by atoms with Crippen molar-refractivity contribution in [2.45, 2.75) is 38.3 Å². The molecule has 1 saturated heterocycles. The number of nitro benzene ring substituents is 1. The summed E-state index contributed by atoms with van der Waals surface area (Å²) in [6.45, 7) is 2.18. The van der Waals surface area contributed by atoms with Crippen LogP contribution in [0.3, 0.4) is 0 Å². The lowest BCUT2D eigenvalue weighted by atomic mass is 9.95. The van der Waals surface area contributed by atoms with Gasteiger partial charge in [0.05, 0.1) is 10.5 Å². The van der Waals surface area contributed by atoms with E-state index in [1.54, 1.807) is 4.90 Å². The minimum absolute atomic E-state index is 0.0570. The molecule has 2 unspecified atom stereocenters. The van der Waals surface area contributed by atoms with Gasteiger partial charge in [-0.25, -0.2) is 4.39 Å². The summed E-state index contributed by atoms with van der Waals surface area (Å²) >= 11 is 0. The summed E-state index contributed by atoms with van der Waals surface area (Å²) < 4.78 is 13.9. The van der Waals surface area contributed by atoms with Gasteiger partial charge in [0.15, 0.2) is 0 Å². The molecule has 0 aliphatic carbocycles. The molecule has 1 aliphatic heterocycles. The predicted molar refractivity (Wildman–Crippen MR) is 75.4 cm³/mol. The fraction of sp³-hybridized carbons (Fsp3) is 0.500. The summed E-state index contributed by atoms with van der Waals surface area (Å²) in [5.41, 5.74) is 5.13. The van der Waals surface area contributed by atoms with Gasteiger partial charge >= 0.3 is 0 Å². The second-order valence-corrected chi connectivity index (χ2v) is 5.30. The van der Waals surface area contributed by atoms with Crippen LogP contribution in [-0.2, 0) is 0 Å². The van der Waals surface area contributed by atoms with Gasteiger partial charge in [0.1, 0.15) is 5.82 Å². The second kappa shape index (κ2) is 6.17. The summed E-state index contributed by atoms with van der Waals surface area (Å²) in [7, 11) is 0. The molecule has 0 bridgehead atoms. The van der Waals surface area contributed by atoms with E-state index in [0.29, 0.717) is 6.54 Å². The largest absolute Gasteiger partial charge is 0.332 e. The van der Waals surface area contributed by atoms with E-state index >= 15 is 0 Å². The van der Waals surface area contributed by atoms with E-state index in [0.717, 1.165) is 37.5 Å². The molecule has 0 spiro atoms. The third kappa shape index (κ3) is 3.02. The molecule has 1 aromatic carbocycles. The molecule has 2 atom stereocenters. The lowest BCUT2D eigenvalue weighted by molar-refractivity contribution is -0.384. The van der Waals surface area contributed by atoms with Crippen LogP contribution in [0.15, 0.2) is 18.2 Å². The number of likely N-dealkylation sites (tertiary alicyclic amines) is 1. The van der Waals surface area contributed by atoms with Crippen molar-refractivity contribution in [2.24, 2.45) is 5.73 Å². The van der Waals surface area contributed by atoms with Crippen LogP contribution >= 0.6 is 0 Å². The summed E-state index contributed by atoms with van der Waals surface area (Å²) in [5, 5.41) is 10.8. The second-order valence-electron chi connectivity index (χ2n) is 5.30. The number of piperidine rings is 1. The van der Waals surface area contributed by atoms with Crippen LogP contribution in [0.1, 0.15) is 36.5 Å². The Labute approximate surface area is 121 Å². The Balaban J connectivity index is 2.38. The fourth-order valence-corrected chi connectivity index (χ4v) is 2.81. The lowest BCUT2D eigenvalue weighted by Crippen LogP contribution is -2.52. The van der Waals surface area contributed by atoms with Gasteiger partial charge in [0, 0.05) is 30.8 Å².